The third-order valence-corrected chi connectivity index (χ3v) is 4.25. The van der Waals surface area contributed by atoms with Crippen molar-refractivity contribution in [3.8, 4) is 11.3 Å². The molecule has 0 fully saturated rings. The van der Waals surface area contributed by atoms with E-state index in [-0.39, 0.29) is 35.6 Å². The van der Waals surface area contributed by atoms with Crippen LogP contribution in [0.4, 0.5) is 13.2 Å². The van der Waals surface area contributed by atoms with E-state index >= 15 is 0 Å². The average molecular weight is 415 g/mol. The highest BCUT2D eigenvalue weighted by Gasteiger charge is 2.16. The van der Waals surface area contributed by atoms with Crippen molar-refractivity contribution in [3.05, 3.63) is 82.6 Å². The highest BCUT2D eigenvalue weighted by atomic mass is 19.2. The summed E-state index contributed by atoms with van der Waals surface area (Å²) in [5.74, 6) is -5.64. The van der Waals surface area contributed by atoms with Gasteiger partial charge in [-0.25, -0.2) is 18.2 Å². The standard InChI is InChI=1S/C20H16F3N5O2/c21-13-5-4-12(16(22)17(13)23)8-27-20(30)11-3-1-2-10(6-11)15-9-26-14(7-24)18(28-15)19(25)29/h1-6,9H,7-8,24H2,(H2,25,29)(H,27,30). The molecule has 3 rings (SSSR count). The Kier molecular flexibility index (Phi) is 6.07. The minimum absolute atomic E-state index is 0.0193. The number of nitrogens with two attached hydrogens (primary N) is 2. The van der Waals surface area contributed by atoms with Gasteiger partial charge in [-0.15, -0.1) is 0 Å². The first-order valence-corrected chi connectivity index (χ1v) is 8.68. The number of primary amides is 1. The lowest BCUT2D eigenvalue weighted by Crippen LogP contribution is -2.23. The summed E-state index contributed by atoms with van der Waals surface area (Å²) < 4.78 is 40.0. The molecule has 0 spiro atoms. The van der Waals surface area contributed by atoms with E-state index < -0.39 is 29.3 Å². The molecule has 0 saturated heterocycles. The Hall–Kier alpha value is -3.79. The van der Waals surface area contributed by atoms with Gasteiger partial charge in [0.05, 0.1) is 17.6 Å². The molecule has 0 aliphatic rings. The van der Waals surface area contributed by atoms with Crippen molar-refractivity contribution in [2.45, 2.75) is 13.1 Å². The van der Waals surface area contributed by atoms with E-state index in [2.05, 4.69) is 15.3 Å². The zero-order chi connectivity index (χ0) is 21.8. The molecule has 10 heteroatoms. The van der Waals surface area contributed by atoms with Crippen LogP contribution in [0.25, 0.3) is 11.3 Å². The van der Waals surface area contributed by atoms with Crippen LogP contribution in [-0.4, -0.2) is 21.8 Å². The number of halogens is 3. The summed E-state index contributed by atoms with van der Waals surface area (Å²) in [6.07, 6.45) is 1.39. The van der Waals surface area contributed by atoms with Crippen molar-refractivity contribution >= 4 is 11.8 Å². The molecule has 30 heavy (non-hydrogen) atoms. The van der Waals surface area contributed by atoms with Crippen LogP contribution < -0.4 is 16.8 Å². The lowest BCUT2D eigenvalue weighted by atomic mass is 10.1. The van der Waals surface area contributed by atoms with Gasteiger partial charge in [0, 0.05) is 29.8 Å². The Morgan fingerprint density at radius 2 is 1.83 bits per heavy atom. The summed E-state index contributed by atoms with van der Waals surface area (Å²) >= 11 is 0. The lowest BCUT2D eigenvalue weighted by Gasteiger charge is -2.09. The van der Waals surface area contributed by atoms with Crippen molar-refractivity contribution in [2.24, 2.45) is 11.5 Å². The molecule has 1 heterocycles. The summed E-state index contributed by atoms with van der Waals surface area (Å²) in [5.41, 5.74) is 11.8. The molecule has 2 amide bonds. The molecule has 2 aromatic carbocycles. The molecule has 0 unspecified atom stereocenters. The molecule has 1 aromatic heterocycles. The fourth-order valence-corrected chi connectivity index (χ4v) is 2.70. The first-order valence-electron chi connectivity index (χ1n) is 8.68. The van der Waals surface area contributed by atoms with Crippen molar-refractivity contribution in [3.63, 3.8) is 0 Å². The second kappa shape index (κ2) is 8.70. The number of rotatable bonds is 6. The van der Waals surface area contributed by atoms with Crippen molar-refractivity contribution in [1.29, 1.82) is 0 Å². The van der Waals surface area contributed by atoms with Gasteiger partial charge in [0.25, 0.3) is 11.8 Å². The fraction of sp³-hybridized carbons (Fsp3) is 0.100. The van der Waals surface area contributed by atoms with E-state index in [0.717, 1.165) is 12.1 Å². The second-order valence-electron chi connectivity index (χ2n) is 6.22. The van der Waals surface area contributed by atoms with E-state index in [9.17, 15) is 22.8 Å². The molecular formula is C20H16F3N5O2. The molecule has 0 aliphatic carbocycles. The topological polar surface area (TPSA) is 124 Å². The Morgan fingerprint density at radius 3 is 2.53 bits per heavy atom. The van der Waals surface area contributed by atoms with Crippen LogP contribution in [0.5, 0.6) is 0 Å². The third-order valence-electron chi connectivity index (χ3n) is 4.25. The van der Waals surface area contributed by atoms with Gasteiger partial charge in [0.1, 0.15) is 0 Å². The van der Waals surface area contributed by atoms with E-state index in [1.807, 2.05) is 0 Å². The summed E-state index contributed by atoms with van der Waals surface area (Å²) in [6, 6.07) is 8.02. The zero-order valence-corrected chi connectivity index (χ0v) is 15.5. The summed E-state index contributed by atoms with van der Waals surface area (Å²) in [6.45, 7) is -0.364. The second-order valence-corrected chi connectivity index (χ2v) is 6.22. The van der Waals surface area contributed by atoms with Gasteiger partial charge in [-0.1, -0.05) is 18.2 Å². The molecule has 0 bridgehead atoms. The number of hydrogen-bond donors (Lipinski definition) is 3. The molecule has 0 atom stereocenters. The molecule has 5 N–H and O–H groups in total. The number of amides is 2. The molecule has 154 valence electrons. The Labute approximate surface area is 168 Å². The van der Waals surface area contributed by atoms with Gasteiger partial charge >= 0.3 is 0 Å². The quantitative estimate of drug-likeness (QED) is 0.532. The highest BCUT2D eigenvalue weighted by Crippen LogP contribution is 2.20. The van der Waals surface area contributed by atoms with Crippen molar-refractivity contribution in [2.75, 3.05) is 0 Å². The van der Waals surface area contributed by atoms with Crippen LogP contribution in [-0.2, 0) is 13.1 Å². The molecular weight excluding hydrogens is 399 g/mol. The first kappa shape index (κ1) is 20.9. The van der Waals surface area contributed by atoms with Gasteiger partial charge in [-0.05, 0) is 18.2 Å². The summed E-state index contributed by atoms with van der Waals surface area (Å²) in [4.78, 5) is 32.2. The Morgan fingerprint density at radius 1 is 1.07 bits per heavy atom. The first-order chi connectivity index (χ1) is 14.3. The molecule has 7 nitrogen and oxygen atoms in total. The predicted molar refractivity (Wildman–Crippen MR) is 101 cm³/mol. The number of carbonyl (C=O) groups is 2. The lowest BCUT2D eigenvalue weighted by molar-refractivity contribution is 0.0949. The van der Waals surface area contributed by atoms with Crippen LogP contribution in [0.15, 0.2) is 42.6 Å². The van der Waals surface area contributed by atoms with E-state index in [1.165, 1.54) is 18.3 Å². The maximum absolute atomic E-state index is 13.7. The maximum atomic E-state index is 13.7. The minimum atomic E-state index is -1.60. The van der Waals surface area contributed by atoms with Gasteiger partial charge in [0.2, 0.25) is 0 Å². The number of nitrogens with zero attached hydrogens (tertiary/aromatic N) is 2. The van der Waals surface area contributed by atoms with E-state index in [0.29, 0.717) is 11.3 Å². The van der Waals surface area contributed by atoms with E-state index in [4.69, 9.17) is 11.5 Å². The average Bonchev–Trinajstić information content (AvgIpc) is 2.76. The van der Waals surface area contributed by atoms with Crippen LogP contribution in [0, 0.1) is 17.5 Å². The minimum Gasteiger partial charge on any atom is -0.364 e. The van der Waals surface area contributed by atoms with Crippen LogP contribution in [0.2, 0.25) is 0 Å². The summed E-state index contributed by atoms with van der Waals surface area (Å²) in [5, 5.41) is 2.43. The molecule has 3 aromatic rings. The van der Waals surface area contributed by atoms with Gasteiger partial charge in [-0.3, -0.25) is 14.6 Å². The monoisotopic (exact) mass is 415 g/mol. The van der Waals surface area contributed by atoms with Crippen LogP contribution >= 0.6 is 0 Å². The fourth-order valence-electron chi connectivity index (χ4n) is 2.70. The van der Waals surface area contributed by atoms with E-state index in [1.54, 1.807) is 12.1 Å². The maximum Gasteiger partial charge on any atom is 0.269 e. The smallest absolute Gasteiger partial charge is 0.269 e. The molecule has 0 radical (unpaired) electrons. The number of nitrogens with one attached hydrogen (secondary N) is 1. The predicted octanol–water partition coefficient (Wildman–Crippen LogP) is 2.05. The Balaban J connectivity index is 1.82. The van der Waals surface area contributed by atoms with Crippen LogP contribution in [0.3, 0.4) is 0 Å². The highest BCUT2D eigenvalue weighted by molar-refractivity contribution is 5.95. The van der Waals surface area contributed by atoms with Gasteiger partial charge in [-0.2, -0.15) is 0 Å². The van der Waals surface area contributed by atoms with Crippen molar-refractivity contribution < 1.29 is 22.8 Å². The van der Waals surface area contributed by atoms with Gasteiger partial charge in [0.15, 0.2) is 23.1 Å². The zero-order valence-electron chi connectivity index (χ0n) is 15.5. The number of aromatic nitrogens is 2. The largest absolute Gasteiger partial charge is 0.364 e. The normalized spacial score (nSPS) is 10.7. The van der Waals surface area contributed by atoms with Gasteiger partial charge < -0.3 is 16.8 Å². The Bertz CT molecular complexity index is 1140. The van der Waals surface area contributed by atoms with Crippen molar-refractivity contribution in [1.82, 2.24) is 15.3 Å². The number of benzene rings is 2. The number of carbonyl (C=O) groups excluding carboxylic acids is 2. The van der Waals surface area contributed by atoms with Crippen LogP contribution in [0.1, 0.15) is 32.1 Å². The molecule has 0 saturated carbocycles. The third kappa shape index (κ3) is 4.28. The summed E-state index contributed by atoms with van der Waals surface area (Å²) in [7, 11) is 0. The SMILES string of the molecule is NCc1ncc(-c2cccc(C(=O)NCc3ccc(F)c(F)c3F)c2)nc1C(N)=O. The number of hydrogen-bond acceptors (Lipinski definition) is 5. The molecule has 0 aliphatic heterocycles.